The van der Waals surface area contributed by atoms with Crippen LogP contribution in [0.1, 0.15) is 0 Å². The summed E-state index contributed by atoms with van der Waals surface area (Å²) in [5.41, 5.74) is -0.0663. The van der Waals surface area contributed by atoms with Crippen LogP contribution in [0.2, 0.25) is 0 Å². The molecule has 0 saturated carbocycles. The highest BCUT2D eigenvalue weighted by Crippen LogP contribution is 2.36. The van der Waals surface area contributed by atoms with Crippen molar-refractivity contribution in [2.75, 3.05) is 0 Å². The minimum atomic E-state index is -0.513. The number of fused-ring (bicyclic) bond motifs is 1. The van der Waals surface area contributed by atoms with Crippen LogP contribution in [-0.4, -0.2) is 4.92 Å². The number of thiophene rings is 1. The Morgan fingerprint density at radius 2 is 2.21 bits per heavy atom. The van der Waals surface area contributed by atoms with Crippen molar-refractivity contribution in [3.8, 4) is 0 Å². The molecule has 1 aromatic carbocycles. The van der Waals surface area contributed by atoms with Gasteiger partial charge in [-0.3, -0.25) is 10.1 Å². The van der Waals surface area contributed by atoms with E-state index in [1.807, 2.05) is 0 Å². The van der Waals surface area contributed by atoms with Gasteiger partial charge in [-0.1, -0.05) is 0 Å². The molecule has 0 unspecified atom stereocenters. The molecule has 2 rings (SSSR count). The molecule has 0 fully saturated rings. The zero-order chi connectivity index (χ0) is 10.3. The van der Waals surface area contributed by atoms with Crippen molar-refractivity contribution in [1.82, 2.24) is 0 Å². The van der Waals surface area contributed by atoms with Crippen LogP contribution in [0.5, 0.6) is 0 Å². The first-order valence-corrected chi connectivity index (χ1v) is 5.22. The lowest BCUT2D eigenvalue weighted by Gasteiger charge is -1.93. The largest absolute Gasteiger partial charge is 0.278 e. The molecule has 0 spiro atoms. The van der Waals surface area contributed by atoms with Gasteiger partial charge in [-0.2, -0.15) is 0 Å². The minimum Gasteiger partial charge on any atom is -0.258 e. The molecule has 0 atom stereocenters. The molecule has 3 nitrogen and oxygen atoms in total. The first kappa shape index (κ1) is 9.54. The van der Waals surface area contributed by atoms with Gasteiger partial charge in [0.05, 0.1) is 18.8 Å². The highest BCUT2D eigenvalue weighted by Gasteiger charge is 2.16. The smallest absolute Gasteiger partial charge is 0.258 e. The number of non-ortho nitro benzene ring substituents is 1. The lowest BCUT2D eigenvalue weighted by atomic mass is 10.2. The zero-order valence-corrected chi connectivity index (χ0v) is 9.06. The molecule has 0 amide bonds. The van der Waals surface area contributed by atoms with E-state index in [9.17, 15) is 14.5 Å². The van der Waals surface area contributed by atoms with E-state index in [4.69, 9.17) is 0 Å². The van der Waals surface area contributed by atoms with Gasteiger partial charge in [0.15, 0.2) is 0 Å². The molecular formula is C8H3BrFNO2S. The Kier molecular flexibility index (Phi) is 2.24. The van der Waals surface area contributed by atoms with E-state index in [2.05, 4.69) is 15.9 Å². The third-order valence-electron chi connectivity index (χ3n) is 1.78. The maximum Gasteiger partial charge on any atom is 0.278 e. The monoisotopic (exact) mass is 275 g/mol. The van der Waals surface area contributed by atoms with Gasteiger partial charge in [0.2, 0.25) is 0 Å². The first-order chi connectivity index (χ1) is 6.59. The lowest BCUT2D eigenvalue weighted by molar-refractivity contribution is -0.383. The number of rotatable bonds is 1. The Hall–Kier alpha value is -1.01. The fourth-order valence-corrected chi connectivity index (χ4v) is 2.73. The van der Waals surface area contributed by atoms with Gasteiger partial charge >= 0.3 is 0 Å². The van der Waals surface area contributed by atoms with Gasteiger partial charge in [0.25, 0.3) is 5.69 Å². The van der Waals surface area contributed by atoms with Crippen molar-refractivity contribution in [3.05, 3.63) is 37.9 Å². The van der Waals surface area contributed by atoms with Crippen molar-refractivity contribution >= 4 is 43.0 Å². The first-order valence-electron chi connectivity index (χ1n) is 3.61. The Labute approximate surface area is 90.4 Å². The summed E-state index contributed by atoms with van der Waals surface area (Å²) < 4.78 is 14.2. The number of nitro benzene ring substituents is 1. The topological polar surface area (TPSA) is 43.1 Å². The van der Waals surface area contributed by atoms with E-state index in [1.54, 1.807) is 6.07 Å². The van der Waals surface area contributed by atoms with Crippen molar-refractivity contribution in [3.63, 3.8) is 0 Å². The normalized spacial score (nSPS) is 10.7. The summed E-state index contributed by atoms with van der Waals surface area (Å²) >= 11 is 4.32. The summed E-state index contributed by atoms with van der Waals surface area (Å²) in [7, 11) is 0. The molecule has 0 aliphatic heterocycles. The Balaban J connectivity index is 2.87. The second-order valence-corrected chi connectivity index (χ2v) is 5.05. The lowest BCUT2D eigenvalue weighted by Crippen LogP contribution is -1.88. The second-order valence-electron chi connectivity index (χ2n) is 2.62. The van der Waals surface area contributed by atoms with Crippen LogP contribution in [0.4, 0.5) is 10.1 Å². The zero-order valence-electron chi connectivity index (χ0n) is 6.66. The van der Waals surface area contributed by atoms with E-state index in [0.717, 1.165) is 17.4 Å². The molecule has 0 N–H and O–H groups in total. The standard InChI is InChI=1S/C8H3BrFNO2S/c9-7-3-4-6(11(12)13)2-1-5(10)8(4)14-7/h1-3H. The van der Waals surface area contributed by atoms with Gasteiger partial charge < -0.3 is 0 Å². The van der Waals surface area contributed by atoms with Crippen LogP contribution >= 0.6 is 27.3 Å². The third-order valence-corrected chi connectivity index (χ3v) is 3.43. The minimum absolute atomic E-state index is 0.0663. The van der Waals surface area contributed by atoms with E-state index >= 15 is 0 Å². The third kappa shape index (κ3) is 1.40. The molecule has 1 aromatic heterocycles. The van der Waals surface area contributed by atoms with Crippen LogP contribution in [0.3, 0.4) is 0 Å². The van der Waals surface area contributed by atoms with Crippen molar-refractivity contribution in [2.45, 2.75) is 0 Å². The predicted octanol–water partition coefficient (Wildman–Crippen LogP) is 3.71. The van der Waals surface area contributed by atoms with Gasteiger partial charge in [-0.15, -0.1) is 11.3 Å². The molecule has 1 heterocycles. The Morgan fingerprint density at radius 3 is 2.86 bits per heavy atom. The number of halogens is 2. The van der Waals surface area contributed by atoms with Crippen LogP contribution in [0.15, 0.2) is 22.0 Å². The average Bonchev–Trinajstić information content (AvgIpc) is 2.47. The molecule has 0 bridgehead atoms. The summed E-state index contributed by atoms with van der Waals surface area (Å²) in [6.45, 7) is 0. The van der Waals surface area contributed by atoms with E-state index in [1.165, 1.54) is 6.07 Å². The van der Waals surface area contributed by atoms with Crippen molar-refractivity contribution in [1.29, 1.82) is 0 Å². The molecule has 72 valence electrons. The van der Waals surface area contributed by atoms with E-state index in [-0.39, 0.29) is 5.69 Å². The quantitative estimate of drug-likeness (QED) is 0.588. The highest BCUT2D eigenvalue weighted by atomic mass is 79.9. The number of benzene rings is 1. The fourth-order valence-electron chi connectivity index (χ4n) is 1.21. The van der Waals surface area contributed by atoms with Crippen LogP contribution < -0.4 is 0 Å². The molecule has 0 aliphatic carbocycles. The number of hydrogen-bond donors (Lipinski definition) is 0. The van der Waals surface area contributed by atoms with Gasteiger partial charge in [-0.05, 0) is 28.1 Å². The summed E-state index contributed by atoms with van der Waals surface area (Å²) in [6, 6.07) is 3.85. The Bertz CT molecular complexity index is 525. The van der Waals surface area contributed by atoms with Crippen LogP contribution in [-0.2, 0) is 0 Å². The molecule has 2 aromatic rings. The highest BCUT2D eigenvalue weighted by molar-refractivity contribution is 9.11. The maximum absolute atomic E-state index is 13.2. The fraction of sp³-hybridized carbons (Fsp3) is 0. The average molecular weight is 276 g/mol. The second kappa shape index (κ2) is 3.29. The van der Waals surface area contributed by atoms with Gasteiger partial charge in [0.1, 0.15) is 5.82 Å². The summed E-state index contributed by atoms with van der Waals surface area (Å²) in [6.07, 6.45) is 0. The summed E-state index contributed by atoms with van der Waals surface area (Å²) in [4.78, 5) is 10.1. The molecule has 6 heteroatoms. The van der Waals surface area contributed by atoms with E-state index in [0.29, 0.717) is 13.9 Å². The number of hydrogen-bond acceptors (Lipinski definition) is 3. The molecule has 14 heavy (non-hydrogen) atoms. The number of nitro groups is 1. The summed E-state index contributed by atoms with van der Waals surface area (Å²) in [5.74, 6) is -0.429. The number of nitrogens with zero attached hydrogens (tertiary/aromatic N) is 1. The molecular weight excluding hydrogens is 273 g/mol. The van der Waals surface area contributed by atoms with Crippen molar-refractivity contribution in [2.24, 2.45) is 0 Å². The van der Waals surface area contributed by atoms with Crippen LogP contribution in [0, 0.1) is 15.9 Å². The van der Waals surface area contributed by atoms with Gasteiger partial charge in [-0.25, -0.2) is 4.39 Å². The maximum atomic E-state index is 13.2. The van der Waals surface area contributed by atoms with E-state index < -0.39 is 10.7 Å². The SMILES string of the molecule is O=[N+]([O-])c1ccc(F)c2sc(Br)cc12. The van der Waals surface area contributed by atoms with Crippen LogP contribution in [0.25, 0.3) is 10.1 Å². The molecule has 0 aliphatic rings. The van der Waals surface area contributed by atoms with Gasteiger partial charge in [0, 0.05) is 6.07 Å². The molecule has 0 saturated heterocycles. The molecule has 0 radical (unpaired) electrons. The Morgan fingerprint density at radius 1 is 1.50 bits per heavy atom. The summed E-state index contributed by atoms with van der Waals surface area (Å²) in [5, 5.41) is 10.9. The van der Waals surface area contributed by atoms with Crippen molar-refractivity contribution < 1.29 is 9.31 Å². The predicted molar refractivity (Wildman–Crippen MR) is 56.1 cm³/mol.